The summed E-state index contributed by atoms with van der Waals surface area (Å²) in [4.78, 5) is 9.33. The van der Waals surface area contributed by atoms with Gasteiger partial charge < -0.3 is 9.98 Å². The van der Waals surface area contributed by atoms with Crippen molar-refractivity contribution in [1.29, 1.82) is 5.41 Å². The first-order valence-electron chi connectivity index (χ1n) is 11.6. The monoisotopic (exact) mass is 436 g/mol. The van der Waals surface area contributed by atoms with Crippen LogP contribution in [0.3, 0.4) is 0 Å². The third-order valence-corrected chi connectivity index (χ3v) is 6.22. The molecule has 1 fully saturated rings. The Hall–Kier alpha value is -3.53. The molecular weight excluding hydrogens is 404 g/mol. The van der Waals surface area contributed by atoms with E-state index >= 15 is 0 Å². The van der Waals surface area contributed by atoms with Gasteiger partial charge in [0, 0.05) is 55.3 Å². The van der Waals surface area contributed by atoms with Crippen molar-refractivity contribution < 1.29 is 0 Å². The molecule has 3 aromatic rings. The van der Waals surface area contributed by atoms with Gasteiger partial charge in [0.05, 0.1) is 17.1 Å². The van der Waals surface area contributed by atoms with Crippen LogP contribution in [-0.2, 0) is 7.05 Å². The van der Waals surface area contributed by atoms with Gasteiger partial charge in [0.15, 0.2) is 0 Å². The lowest BCUT2D eigenvalue weighted by Crippen LogP contribution is -2.16. The summed E-state index contributed by atoms with van der Waals surface area (Å²) in [6, 6.07) is 14.7. The van der Waals surface area contributed by atoms with Gasteiger partial charge in [0.25, 0.3) is 0 Å². The SMILES string of the molecule is C=C(C)/C=C(\C=NC)c1ccc(-c2cccc(-c3ccn(C)c3)c2)nc1C(=N)C1CCCC1. The average molecular weight is 437 g/mol. The zero-order valence-electron chi connectivity index (χ0n) is 19.8. The van der Waals surface area contributed by atoms with Crippen molar-refractivity contribution in [3.05, 3.63) is 84.3 Å². The van der Waals surface area contributed by atoms with E-state index in [1.165, 1.54) is 18.4 Å². The van der Waals surface area contributed by atoms with E-state index in [9.17, 15) is 0 Å². The Kier molecular flexibility index (Phi) is 6.83. The molecule has 0 spiro atoms. The Labute approximate surface area is 196 Å². The van der Waals surface area contributed by atoms with Crippen LogP contribution in [0, 0.1) is 11.3 Å². The Morgan fingerprint density at radius 3 is 2.55 bits per heavy atom. The van der Waals surface area contributed by atoms with Crippen molar-refractivity contribution in [3.63, 3.8) is 0 Å². The zero-order chi connectivity index (χ0) is 23.4. The molecular formula is C29H32N4. The Bertz CT molecular complexity index is 1240. The van der Waals surface area contributed by atoms with E-state index in [1.54, 1.807) is 7.05 Å². The molecule has 1 aliphatic rings. The number of aromatic nitrogens is 2. The molecule has 0 radical (unpaired) electrons. The van der Waals surface area contributed by atoms with Crippen molar-refractivity contribution in [1.82, 2.24) is 9.55 Å². The molecule has 168 valence electrons. The van der Waals surface area contributed by atoms with Crippen LogP contribution in [0.1, 0.15) is 43.9 Å². The van der Waals surface area contributed by atoms with Crippen LogP contribution >= 0.6 is 0 Å². The van der Waals surface area contributed by atoms with Crippen molar-refractivity contribution in [2.75, 3.05) is 7.05 Å². The molecule has 1 aliphatic carbocycles. The predicted molar refractivity (Wildman–Crippen MR) is 140 cm³/mol. The number of pyridine rings is 1. The van der Waals surface area contributed by atoms with E-state index in [2.05, 4.69) is 71.0 Å². The molecule has 0 amide bonds. The van der Waals surface area contributed by atoms with Gasteiger partial charge in [-0.15, -0.1) is 0 Å². The normalized spacial score (nSPS) is 14.8. The molecule has 4 heteroatoms. The van der Waals surface area contributed by atoms with Gasteiger partial charge in [0.1, 0.15) is 0 Å². The zero-order valence-corrected chi connectivity index (χ0v) is 19.8. The number of nitrogens with one attached hydrogen (secondary N) is 1. The topological polar surface area (TPSA) is 54.0 Å². The van der Waals surface area contributed by atoms with Gasteiger partial charge in [-0.2, -0.15) is 0 Å². The van der Waals surface area contributed by atoms with E-state index in [0.717, 1.165) is 52.1 Å². The van der Waals surface area contributed by atoms with Crippen molar-refractivity contribution in [2.24, 2.45) is 18.0 Å². The lowest BCUT2D eigenvalue weighted by atomic mass is 9.92. The predicted octanol–water partition coefficient (Wildman–Crippen LogP) is 6.97. The number of allylic oxidation sites excluding steroid dienone is 3. The summed E-state index contributed by atoms with van der Waals surface area (Å²) >= 11 is 0. The quantitative estimate of drug-likeness (QED) is 0.315. The highest BCUT2D eigenvalue weighted by Crippen LogP contribution is 2.32. The number of aryl methyl sites for hydroxylation is 1. The third kappa shape index (κ3) is 5.11. The van der Waals surface area contributed by atoms with Crippen molar-refractivity contribution in [3.8, 4) is 22.4 Å². The smallest absolute Gasteiger partial charge is 0.0926 e. The molecule has 0 aliphatic heterocycles. The number of aliphatic imine (C=N–C) groups is 1. The van der Waals surface area contributed by atoms with Gasteiger partial charge in [-0.25, -0.2) is 4.98 Å². The summed E-state index contributed by atoms with van der Waals surface area (Å²) in [7, 11) is 3.80. The van der Waals surface area contributed by atoms with E-state index in [4.69, 9.17) is 10.4 Å². The molecule has 2 heterocycles. The molecule has 1 saturated carbocycles. The Balaban J connectivity index is 1.82. The highest BCUT2D eigenvalue weighted by molar-refractivity contribution is 6.15. The van der Waals surface area contributed by atoms with E-state index in [-0.39, 0.29) is 5.92 Å². The summed E-state index contributed by atoms with van der Waals surface area (Å²) in [5, 5.41) is 9.06. The number of nitrogens with zero attached hydrogens (tertiary/aromatic N) is 3. The Morgan fingerprint density at radius 1 is 1.12 bits per heavy atom. The van der Waals surface area contributed by atoms with Gasteiger partial charge in [-0.3, -0.25) is 4.99 Å². The van der Waals surface area contributed by atoms with Crippen LogP contribution < -0.4 is 0 Å². The van der Waals surface area contributed by atoms with Crippen molar-refractivity contribution in [2.45, 2.75) is 32.6 Å². The number of hydrogen-bond donors (Lipinski definition) is 1. The van der Waals surface area contributed by atoms with E-state index in [1.807, 2.05) is 26.3 Å². The van der Waals surface area contributed by atoms with Gasteiger partial charge in [0.2, 0.25) is 0 Å². The number of benzene rings is 1. The van der Waals surface area contributed by atoms with Gasteiger partial charge in [-0.1, -0.05) is 49.3 Å². The molecule has 4 rings (SSSR count). The second-order valence-corrected chi connectivity index (χ2v) is 8.97. The van der Waals surface area contributed by atoms with Crippen LogP contribution in [0.25, 0.3) is 28.0 Å². The minimum absolute atomic E-state index is 0.270. The summed E-state index contributed by atoms with van der Waals surface area (Å²) in [6.45, 7) is 6.02. The maximum absolute atomic E-state index is 9.06. The fourth-order valence-electron chi connectivity index (χ4n) is 4.59. The first-order chi connectivity index (χ1) is 16.0. The second kappa shape index (κ2) is 9.95. The van der Waals surface area contributed by atoms with Crippen LogP contribution in [0.2, 0.25) is 0 Å². The summed E-state index contributed by atoms with van der Waals surface area (Å²) in [5.74, 6) is 0.270. The highest BCUT2D eigenvalue weighted by Gasteiger charge is 2.25. The molecule has 2 aromatic heterocycles. The molecule has 0 saturated heterocycles. The molecule has 0 unspecified atom stereocenters. The maximum Gasteiger partial charge on any atom is 0.0926 e. The molecule has 0 atom stereocenters. The Morgan fingerprint density at radius 2 is 1.88 bits per heavy atom. The first kappa shape index (κ1) is 22.7. The summed E-state index contributed by atoms with van der Waals surface area (Å²) in [6.07, 6.45) is 12.5. The molecule has 1 N–H and O–H groups in total. The largest absolute Gasteiger partial charge is 0.357 e. The van der Waals surface area contributed by atoms with E-state index in [0.29, 0.717) is 5.71 Å². The number of rotatable bonds is 7. The van der Waals surface area contributed by atoms with E-state index < -0.39 is 0 Å². The average Bonchev–Trinajstić information content (AvgIpc) is 3.50. The fourth-order valence-corrected chi connectivity index (χ4v) is 4.59. The van der Waals surface area contributed by atoms with Crippen LogP contribution in [-0.4, -0.2) is 28.5 Å². The second-order valence-electron chi connectivity index (χ2n) is 8.97. The molecule has 4 nitrogen and oxygen atoms in total. The third-order valence-electron chi connectivity index (χ3n) is 6.22. The highest BCUT2D eigenvalue weighted by atomic mass is 14.9. The van der Waals surface area contributed by atoms with Crippen LogP contribution in [0.4, 0.5) is 0 Å². The minimum atomic E-state index is 0.270. The number of hydrogen-bond acceptors (Lipinski definition) is 3. The summed E-state index contributed by atoms with van der Waals surface area (Å²) < 4.78 is 2.06. The lowest BCUT2D eigenvalue weighted by molar-refractivity contribution is 0.722. The summed E-state index contributed by atoms with van der Waals surface area (Å²) in [5.41, 5.74) is 8.52. The van der Waals surface area contributed by atoms with Crippen LogP contribution in [0.15, 0.2) is 78.1 Å². The van der Waals surface area contributed by atoms with Gasteiger partial charge >= 0.3 is 0 Å². The fraction of sp³-hybridized carbons (Fsp3) is 0.276. The maximum atomic E-state index is 9.06. The van der Waals surface area contributed by atoms with Crippen molar-refractivity contribution >= 4 is 17.5 Å². The van der Waals surface area contributed by atoms with Crippen LogP contribution in [0.5, 0.6) is 0 Å². The molecule has 1 aromatic carbocycles. The molecule has 0 bridgehead atoms. The first-order valence-corrected chi connectivity index (χ1v) is 11.6. The minimum Gasteiger partial charge on any atom is -0.357 e. The standard InChI is InChI=1S/C29H32N4/c1-20(2)16-25(18-31-3)26-12-13-27(32-29(26)28(30)21-8-5-6-9-21)23-11-7-10-22(17-23)24-14-15-33(4)19-24/h7,10-19,21,30H,1,5-6,8-9H2,2-4H3/b25-16+,30-28?,31-18?. The van der Waals surface area contributed by atoms with Gasteiger partial charge in [-0.05, 0) is 55.2 Å². The molecule has 33 heavy (non-hydrogen) atoms. The lowest BCUT2D eigenvalue weighted by Gasteiger charge is -2.17.